The number of fused-ring (bicyclic) bond motifs is 1. The first-order valence-corrected chi connectivity index (χ1v) is 11.6. The largest absolute Gasteiger partial charge is 0.418 e. The highest BCUT2D eigenvalue weighted by Crippen LogP contribution is 2.31. The molecule has 1 saturated heterocycles. The van der Waals surface area contributed by atoms with Gasteiger partial charge in [0, 0.05) is 49.6 Å². The number of halogens is 4. The van der Waals surface area contributed by atoms with Crippen molar-refractivity contribution in [3.63, 3.8) is 0 Å². The zero-order valence-corrected chi connectivity index (χ0v) is 19.9. The monoisotopic (exact) mass is 523 g/mol. The molecule has 194 valence electrons. The molecular weight excluding hydrogens is 502 g/mol. The smallest absolute Gasteiger partial charge is 0.367 e. The van der Waals surface area contributed by atoms with Gasteiger partial charge in [0.15, 0.2) is 0 Å². The summed E-state index contributed by atoms with van der Waals surface area (Å²) in [5.41, 5.74) is -1.22. The summed E-state index contributed by atoms with van der Waals surface area (Å²) in [6.45, 7) is 2.36. The van der Waals surface area contributed by atoms with E-state index in [9.17, 15) is 22.4 Å². The number of rotatable bonds is 5. The average Bonchev–Trinajstić information content (AvgIpc) is 2.90. The Bertz CT molecular complexity index is 1600. The number of anilines is 3. The topological polar surface area (TPSA) is 88.0 Å². The van der Waals surface area contributed by atoms with Crippen LogP contribution in [0.3, 0.4) is 0 Å². The van der Waals surface area contributed by atoms with Gasteiger partial charge in [-0.15, -0.1) is 6.42 Å². The van der Waals surface area contributed by atoms with Gasteiger partial charge in [-0.1, -0.05) is 5.92 Å². The Balaban J connectivity index is 1.52. The summed E-state index contributed by atoms with van der Waals surface area (Å²) in [5.74, 6) is 1.85. The van der Waals surface area contributed by atoms with E-state index in [0.29, 0.717) is 29.9 Å². The molecule has 0 spiro atoms. The number of nitrogens with one attached hydrogen (secondary N) is 2. The van der Waals surface area contributed by atoms with Crippen molar-refractivity contribution in [1.82, 2.24) is 24.8 Å². The van der Waals surface area contributed by atoms with E-state index < -0.39 is 29.7 Å². The summed E-state index contributed by atoms with van der Waals surface area (Å²) in [5, 5.41) is 6.45. The number of hydrogen-bond acceptors (Lipinski definition) is 7. The molecule has 38 heavy (non-hydrogen) atoms. The first-order chi connectivity index (χ1) is 18.2. The van der Waals surface area contributed by atoms with E-state index in [-0.39, 0.29) is 22.9 Å². The predicted octanol–water partition coefficient (Wildman–Crippen LogP) is 3.53. The molecule has 4 aromatic rings. The van der Waals surface area contributed by atoms with E-state index in [2.05, 4.69) is 31.5 Å². The number of hydrogen-bond donors (Lipinski definition) is 2. The molecule has 0 unspecified atom stereocenters. The molecule has 2 N–H and O–H groups in total. The molecule has 0 atom stereocenters. The highest BCUT2D eigenvalue weighted by Gasteiger charge is 2.34. The first-order valence-electron chi connectivity index (χ1n) is 11.6. The van der Waals surface area contributed by atoms with Crippen LogP contribution in [0.1, 0.15) is 16.8 Å². The molecule has 1 fully saturated rings. The van der Waals surface area contributed by atoms with Crippen molar-refractivity contribution < 1.29 is 17.6 Å². The molecule has 5 rings (SSSR count). The summed E-state index contributed by atoms with van der Waals surface area (Å²) in [7, 11) is 0. The summed E-state index contributed by atoms with van der Waals surface area (Å²) < 4.78 is 56.6. The van der Waals surface area contributed by atoms with Gasteiger partial charge in [0.25, 0.3) is 5.56 Å². The van der Waals surface area contributed by atoms with Crippen molar-refractivity contribution in [3.05, 3.63) is 81.8 Å². The van der Waals surface area contributed by atoms with Crippen molar-refractivity contribution in [2.45, 2.75) is 12.7 Å². The summed E-state index contributed by atoms with van der Waals surface area (Å²) in [4.78, 5) is 27.4. The maximum atomic E-state index is 14.9. The molecule has 0 aliphatic carbocycles. The molecule has 1 aromatic carbocycles. The standard InChI is InChI=1S/C26H21F4N7O/c1-2-16-12-17-14-33-25(34-18-5-6-22(20(27)13-18)36-10-8-31-9-11-36)35-23(17)37(24(16)38)15-21-19(26(28,29)30)4-3-7-32-21/h1,3-7,12-14,31H,8-11,15H2,(H,33,34,35). The highest BCUT2D eigenvalue weighted by atomic mass is 19.4. The Morgan fingerprint density at radius 3 is 2.63 bits per heavy atom. The van der Waals surface area contributed by atoms with E-state index in [1.54, 1.807) is 12.1 Å². The van der Waals surface area contributed by atoms with Gasteiger partial charge < -0.3 is 15.5 Å². The van der Waals surface area contributed by atoms with E-state index in [4.69, 9.17) is 6.42 Å². The van der Waals surface area contributed by atoms with Crippen LogP contribution in [0, 0.1) is 18.2 Å². The Labute approximate surface area is 214 Å². The van der Waals surface area contributed by atoms with Gasteiger partial charge in [-0.05, 0) is 36.4 Å². The molecule has 4 heterocycles. The zero-order valence-electron chi connectivity index (χ0n) is 19.9. The molecule has 0 amide bonds. The third kappa shape index (κ3) is 5.01. The van der Waals surface area contributed by atoms with Crippen LogP contribution in [-0.2, 0) is 12.7 Å². The summed E-state index contributed by atoms with van der Waals surface area (Å²) >= 11 is 0. The van der Waals surface area contributed by atoms with Crippen LogP contribution in [0.4, 0.5) is 34.9 Å². The Kier molecular flexibility index (Phi) is 6.69. The number of nitrogens with zero attached hydrogens (tertiary/aromatic N) is 5. The van der Waals surface area contributed by atoms with Gasteiger partial charge in [0.05, 0.1) is 29.1 Å². The molecule has 3 aromatic heterocycles. The maximum absolute atomic E-state index is 14.9. The summed E-state index contributed by atoms with van der Waals surface area (Å²) in [6, 6.07) is 8.08. The van der Waals surface area contributed by atoms with E-state index in [0.717, 1.165) is 23.7 Å². The lowest BCUT2D eigenvalue weighted by Crippen LogP contribution is -2.43. The van der Waals surface area contributed by atoms with Crippen molar-refractivity contribution >= 4 is 28.4 Å². The molecule has 1 aliphatic heterocycles. The Morgan fingerprint density at radius 2 is 1.92 bits per heavy atom. The minimum absolute atomic E-state index is 0.0190. The number of benzene rings is 1. The summed E-state index contributed by atoms with van der Waals surface area (Å²) in [6.07, 6.45) is 3.39. The lowest BCUT2D eigenvalue weighted by Gasteiger charge is -2.29. The molecule has 0 saturated carbocycles. The molecule has 0 bridgehead atoms. The number of pyridine rings is 2. The van der Waals surface area contributed by atoms with E-state index in [1.165, 1.54) is 30.6 Å². The second-order valence-corrected chi connectivity index (χ2v) is 8.59. The zero-order chi connectivity index (χ0) is 26.9. The fraction of sp³-hybridized carbons (Fsp3) is 0.231. The molecule has 1 aliphatic rings. The van der Waals surface area contributed by atoms with E-state index in [1.807, 2.05) is 4.90 Å². The fourth-order valence-electron chi connectivity index (χ4n) is 4.32. The second kappa shape index (κ2) is 10.1. The number of alkyl halides is 3. The maximum Gasteiger partial charge on any atom is 0.418 e. The van der Waals surface area contributed by atoms with Crippen LogP contribution >= 0.6 is 0 Å². The van der Waals surface area contributed by atoms with Crippen molar-refractivity contribution in [1.29, 1.82) is 0 Å². The van der Waals surface area contributed by atoms with Gasteiger partial charge in [-0.25, -0.2) is 9.37 Å². The molecule has 0 radical (unpaired) electrons. The van der Waals surface area contributed by atoms with Crippen LogP contribution in [0.5, 0.6) is 0 Å². The van der Waals surface area contributed by atoms with Crippen LogP contribution in [0.25, 0.3) is 11.0 Å². The van der Waals surface area contributed by atoms with Crippen LogP contribution in [0.2, 0.25) is 0 Å². The van der Waals surface area contributed by atoms with Gasteiger partial charge in [0.2, 0.25) is 5.95 Å². The first kappa shape index (κ1) is 25.2. The Morgan fingerprint density at radius 1 is 1.13 bits per heavy atom. The Hall–Kier alpha value is -4.50. The van der Waals surface area contributed by atoms with Crippen LogP contribution in [0.15, 0.2) is 53.6 Å². The lowest BCUT2D eigenvalue weighted by atomic mass is 10.1. The number of terminal acetylenes is 1. The van der Waals surface area contributed by atoms with Crippen LogP contribution < -0.4 is 21.1 Å². The molecule has 12 heteroatoms. The fourth-order valence-corrected chi connectivity index (χ4v) is 4.32. The number of piperazine rings is 1. The number of aromatic nitrogens is 4. The molecule has 8 nitrogen and oxygen atoms in total. The van der Waals surface area contributed by atoms with Crippen molar-refractivity contribution in [2.24, 2.45) is 0 Å². The van der Waals surface area contributed by atoms with Gasteiger partial charge >= 0.3 is 6.18 Å². The van der Waals surface area contributed by atoms with Crippen molar-refractivity contribution in [2.75, 3.05) is 36.4 Å². The van der Waals surface area contributed by atoms with Gasteiger partial charge in [-0.3, -0.25) is 14.3 Å². The predicted molar refractivity (Wildman–Crippen MR) is 135 cm³/mol. The van der Waals surface area contributed by atoms with Crippen LogP contribution in [-0.4, -0.2) is 45.7 Å². The van der Waals surface area contributed by atoms with Gasteiger partial charge in [0.1, 0.15) is 11.5 Å². The van der Waals surface area contributed by atoms with Crippen molar-refractivity contribution in [3.8, 4) is 12.3 Å². The normalized spacial score (nSPS) is 13.9. The quantitative estimate of drug-likeness (QED) is 0.306. The van der Waals surface area contributed by atoms with Gasteiger partial charge in [-0.2, -0.15) is 18.2 Å². The minimum Gasteiger partial charge on any atom is -0.367 e. The minimum atomic E-state index is -4.67. The third-order valence-corrected chi connectivity index (χ3v) is 6.15. The molecular formula is C26H21F4N7O. The lowest BCUT2D eigenvalue weighted by molar-refractivity contribution is -0.138. The second-order valence-electron chi connectivity index (χ2n) is 8.59. The highest BCUT2D eigenvalue weighted by molar-refractivity contribution is 5.77. The SMILES string of the molecule is C#Cc1cc2cnc(Nc3ccc(N4CCNCC4)c(F)c3)nc2n(Cc2ncccc2C(F)(F)F)c1=O. The third-order valence-electron chi connectivity index (χ3n) is 6.15. The van der Waals surface area contributed by atoms with E-state index >= 15 is 0 Å². The average molecular weight is 523 g/mol.